The normalized spacial score (nSPS) is 11.4. The summed E-state index contributed by atoms with van der Waals surface area (Å²) in [6.45, 7) is 1.90. The standard InChI is InChI=1S/C20H20Cl2N2O3.C14H15Cl2NO3/c21-9-11-24(12-10-22)17-7-5-16(6-8-17)23-20(25)26-14-18-13-15-3-1-2-4-19(15)27-18;15-6-5-11(16)8-17-14(18)19-9-12-7-10-3-1-2-4-13(10)20-12/h1-8,13H,9-12,14H2,(H,23,25);1-4,7,11H,5-6,8-9H2,(H,17,18). The summed E-state index contributed by atoms with van der Waals surface area (Å²) in [5, 5.41) is 7.05. The molecule has 5 aromatic rings. The number of benzene rings is 3. The first-order valence-electron chi connectivity index (χ1n) is 14.8. The molecule has 0 aliphatic carbocycles. The molecule has 0 fully saturated rings. The second-order valence-corrected chi connectivity index (χ2v) is 11.9. The average Bonchev–Trinajstić information content (AvgIpc) is 3.70. The van der Waals surface area contributed by atoms with Crippen LogP contribution >= 0.6 is 46.4 Å². The van der Waals surface area contributed by atoms with Gasteiger partial charge in [-0.3, -0.25) is 5.32 Å². The van der Waals surface area contributed by atoms with E-state index < -0.39 is 12.2 Å². The van der Waals surface area contributed by atoms with Crippen molar-refractivity contribution in [3.05, 3.63) is 96.4 Å². The number of nitrogens with one attached hydrogen (secondary N) is 2. The van der Waals surface area contributed by atoms with Gasteiger partial charge in [-0.15, -0.1) is 46.4 Å². The van der Waals surface area contributed by atoms with Gasteiger partial charge in [-0.2, -0.15) is 0 Å². The Morgan fingerprint density at radius 1 is 0.723 bits per heavy atom. The van der Waals surface area contributed by atoms with Crippen molar-refractivity contribution in [2.24, 2.45) is 0 Å². The first-order valence-corrected chi connectivity index (χ1v) is 16.9. The van der Waals surface area contributed by atoms with Crippen molar-refractivity contribution < 1.29 is 27.9 Å². The van der Waals surface area contributed by atoms with E-state index in [1.165, 1.54) is 0 Å². The summed E-state index contributed by atoms with van der Waals surface area (Å²) in [6, 6.07) is 26.4. The van der Waals surface area contributed by atoms with E-state index in [1.807, 2.05) is 84.9 Å². The smallest absolute Gasteiger partial charge is 0.412 e. The number of carbonyl (C=O) groups is 2. The van der Waals surface area contributed by atoms with Gasteiger partial charge in [-0.1, -0.05) is 36.4 Å². The molecule has 9 nitrogen and oxygen atoms in total. The molecule has 2 amide bonds. The van der Waals surface area contributed by atoms with Crippen LogP contribution in [0.25, 0.3) is 21.9 Å². The summed E-state index contributed by atoms with van der Waals surface area (Å²) in [5.74, 6) is 2.70. The molecular weight excluding hydrogens is 688 g/mol. The second kappa shape index (κ2) is 19.2. The van der Waals surface area contributed by atoms with Crippen LogP contribution in [-0.2, 0) is 22.7 Å². The Hall–Kier alpha value is -3.76. The minimum atomic E-state index is -0.540. The third-order valence-corrected chi connectivity index (χ3v) is 7.65. The zero-order chi connectivity index (χ0) is 33.4. The maximum absolute atomic E-state index is 12.0. The lowest BCUT2D eigenvalue weighted by molar-refractivity contribution is 0.132. The highest BCUT2D eigenvalue weighted by Gasteiger charge is 2.11. The molecule has 250 valence electrons. The van der Waals surface area contributed by atoms with E-state index >= 15 is 0 Å². The third-order valence-electron chi connectivity index (χ3n) is 6.72. The predicted molar refractivity (Wildman–Crippen MR) is 189 cm³/mol. The molecule has 0 bridgehead atoms. The molecule has 0 spiro atoms. The van der Waals surface area contributed by atoms with Crippen LogP contribution in [0.3, 0.4) is 0 Å². The van der Waals surface area contributed by atoms with Crippen molar-refractivity contribution in [3.63, 3.8) is 0 Å². The number of carbonyl (C=O) groups excluding carboxylic acids is 2. The van der Waals surface area contributed by atoms with Gasteiger partial charge in [0.05, 0.1) is 5.38 Å². The highest BCUT2D eigenvalue weighted by Crippen LogP contribution is 2.21. The van der Waals surface area contributed by atoms with E-state index in [0.29, 0.717) is 60.9 Å². The number of alkyl carbamates (subject to hydrolysis) is 1. The van der Waals surface area contributed by atoms with Crippen LogP contribution in [0.5, 0.6) is 0 Å². The number of nitrogens with zero attached hydrogens (tertiary/aromatic N) is 1. The fourth-order valence-electron chi connectivity index (χ4n) is 4.44. The molecule has 2 N–H and O–H groups in total. The number of ether oxygens (including phenoxy) is 2. The number of fused-ring (bicyclic) bond motifs is 2. The molecule has 2 aromatic heterocycles. The van der Waals surface area contributed by atoms with Gasteiger partial charge < -0.3 is 28.5 Å². The second-order valence-electron chi connectivity index (χ2n) is 10.1. The molecule has 0 aliphatic rings. The van der Waals surface area contributed by atoms with Gasteiger partial charge in [-0.25, -0.2) is 9.59 Å². The molecule has 3 aromatic carbocycles. The number of alkyl halides is 4. The van der Waals surface area contributed by atoms with Gasteiger partial charge in [0.15, 0.2) is 13.2 Å². The van der Waals surface area contributed by atoms with Crippen molar-refractivity contribution in [2.75, 3.05) is 47.5 Å². The largest absolute Gasteiger partial charge is 0.457 e. The number of halogens is 4. The summed E-state index contributed by atoms with van der Waals surface area (Å²) in [4.78, 5) is 25.6. The summed E-state index contributed by atoms with van der Waals surface area (Å²) in [5.41, 5.74) is 3.18. The van der Waals surface area contributed by atoms with Crippen LogP contribution in [0.2, 0.25) is 0 Å². The highest BCUT2D eigenvalue weighted by atomic mass is 35.5. The van der Waals surface area contributed by atoms with E-state index in [4.69, 9.17) is 64.7 Å². The molecule has 0 radical (unpaired) electrons. The number of para-hydroxylation sites is 2. The lowest BCUT2D eigenvalue weighted by atomic mass is 10.2. The van der Waals surface area contributed by atoms with Crippen LogP contribution in [-0.4, -0.2) is 54.8 Å². The maximum atomic E-state index is 12.0. The van der Waals surface area contributed by atoms with Gasteiger partial charge in [0.25, 0.3) is 0 Å². The van der Waals surface area contributed by atoms with Crippen molar-refractivity contribution in [1.29, 1.82) is 0 Å². The lowest BCUT2D eigenvalue weighted by Crippen LogP contribution is -2.30. The van der Waals surface area contributed by atoms with Gasteiger partial charge in [0, 0.05) is 59.4 Å². The van der Waals surface area contributed by atoms with E-state index in [-0.39, 0.29) is 18.6 Å². The quantitative estimate of drug-likeness (QED) is 0.110. The zero-order valence-electron chi connectivity index (χ0n) is 25.4. The van der Waals surface area contributed by atoms with Gasteiger partial charge >= 0.3 is 12.2 Å². The Kier molecular flexibility index (Phi) is 14.7. The fraction of sp³-hybridized carbons (Fsp3) is 0.294. The maximum Gasteiger partial charge on any atom is 0.412 e. The summed E-state index contributed by atoms with van der Waals surface area (Å²) in [7, 11) is 0. The Bertz CT molecular complexity index is 1620. The van der Waals surface area contributed by atoms with Gasteiger partial charge in [0.1, 0.15) is 22.7 Å². The van der Waals surface area contributed by atoms with Crippen molar-refractivity contribution >= 4 is 91.9 Å². The van der Waals surface area contributed by atoms with Crippen molar-refractivity contribution in [2.45, 2.75) is 25.0 Å². The molecule has 1 unspecified atom stereocenters. The number of amides is 2. The zero-order valence-corrected chi connectivity index (χ0v) is 28.5. The number of hydrogen-bond donors (Lipinski definition) is 2. The Morgan fingerprint density at radius 3 is 1.77 bits per heavy atom. The Balaban J connectivity index is 0.000000223. The summed E-state index contributed by atoms with van der Waals surface area (Å²) >= 11 is 23.1. The first kappa shape index (κ1) is 36.1. The van der Waals surface area contributed by atoms with Crippen molar-refractivity contribution in [3.8, 4) is 0 Å². The highest BCUT2D eigenvalue weighted by molar-refractivity contribution is 6.22. The number of rotatable bonds is 14. The molecule has 0 saturated carbocycles. The molecule has 1 atom stereocenters. The first-order chi connectivity index (χ1) is 22.9. The van der Waals surface area contributed by atoms with Gasteiger partial charge in [-0.05, 0) is 55.0 Å². The Labute approximate surface area is 293 Å². The molecule has 13 heteroatoms. The monoisotopic (exact) mass is 721 g/mol. The molecular formula is C34H35Cl4N3O6. The topological polar surface area (TPSA) is 106 Å². The average molecular weight is 723 g/mol. The van der Waals surface area contributed by atoms with Crippen LogP contribution in [0, 0.1) is 0 Å². The predicted octanol–water partition coefficient (Wildman–Crippen LogP) is 9.36. The fourth-order valence-corrected chi connectivity index (χ4v) is 5.41. The van der Waals surface area contributed by atoms with E-state index in [1.54, 1.807) is 0 Å². The van der Waals surface area contributed by atoms with Crippen LogP contribution in [0.1, 0.15) is 17.9 Å². The van der Waals surface area contributed by atoms with E-state index in [2.05, 4.69) is 15.5 Å². The lowest BCUT2D eigenvalue weighted by Gasteiger charge is -2.23. The molecule has 2 heterocycles. The molecule has 5 rings (SSSR count). The summed E-state index contributed by atoms with van der Waals surface area (Å²) in [6.07, 6.45) is -0.431. The van der Waals surface area contributed by atoms with Crippen molar-refractivity contribution in [1.82, 2.24) is 5.32 Å². The summed E-state index contributed by atoms with van der Waals surface area (Å²) < 4.78 is 21.4. The van der Waals surface area contributed by atoms with E-state index in [0.717, 1.165) is 27.6 Å². The molecule has 0 aliphatic heterocycles. The van der Waals surface area contributed by atoms with Crippen LogP contribution < -0.4 is 15.5 Å². The Morgan fingerprint density at radius 2 is 1.26 bits per heavy atom. The number of furan rings is 2. The number of hydrogen-bond acceptors (Lipinski definition) is 7. The minimum absolute atomic E-state index is 0.0673. The molecule has 0 saturated heterocycles. The number of anilines is 2. The van der Waals surface area contributed by atoms with Crippen LogP contribution in [0.15, 0.2) is 93.8 Å². The third kappa shape index (κ3) is 11.8. The minimum Gasteiger partial charge on any atom is -0.457 e. The SMILES string of the molecule is O=C(NCC(Cl)CCCl)OCc1cc2ccccc2o1.O=C(Nc1ccc(N(CCCl)CCCl)cc1)OCc1cc2ccccc2o1. The van der Waals surface area contributed by atoms with E-state index in [9.17, 15) is 9.59 Å². The molecule has 47 heavy (non-hydrogen) atoms. The van der Waals surface area contributed by atoms with Crippen LogP contribution in [0.4, 0.5) is 21.0 Å². The van der Waals surface area contributed by atoms with Gasteiger partial charge in [0.2, 0.25) is 0 Å².